The minimum atomic E-state index is 0. The summed E-state index contributed by atoms with van der Waals surface area (Å²) in [6, 6.07) is 4.52. The number of pyridine rings is 1. The van der Waals surface area contributed by atoms with Crippen LogP contribution in [0, 0.1) is 0 Å². The molecule has 1 saturated carbocycles. The number of morpholine rings is 1. The van der Waals surface area contributed by atoms with Crippen molar-refractivity contribution in [2.45, 2.75) is 38.3 Å². The van der Waals surface area contributed by atoms with Crippen LogP contribution in [0.2, 0.25) is 0 Å². The van der Waals surface area contributed by atoms with Gasteiger partial charge in [0, 0.05) is 30.9 Å². The second-order valence-electron chi connectivity index (χ2n) is 5.91. The molecule has 6 nitrogen and oxygen atoms in total. The van der Waals surface area contributed by atoms with Crippen LogP contribution in [0.25, 0.3) is 0 Å². The van der Waals surface area contributed by atoms with Crippen LogP contribution in [0.4, 0.5) is 5.82 Å². The molecule has 1 saturated heterocycles. The highest BCUT2D eigenvalue weighted by Gasteiger charge is 2.17. The molecule has 7 heteroatoms. The number of hydrogen-bond donors (Lipinski definition) is 2. The van der Waals surface area contributed by atoms with Gasteiger partial charge in [-0.2, -0.15) is 0 Å². The molecule has 0 atom stereocenters. The van der Waals surface area contributed by atoms with E-state index in [-0.39, 0.29) is 24.0 Å². The lowest BCUT2D eigenvalue weighted by atomic mass is 10.2. The molecule has 3 N–H and O–H groups in total. The van der Waals surface area contributed by atoms with Crippen molar-refractivity contribution in [2.75, 3.05) is 31.2 Å². The Labute approximate surface area is 154 Å². The van der Waals surface area contributed by atoms with Crippen LogP contribution < -0.4 is 16.0 Å². The molecule has 2 fully saturated rings. The first-order chi connectivity index (χ1) is 10.8. The van der Waals surface area contributed by atoms with Crippen LogP contribution in [0.1, 0.15) is 31.2 Å². The number of ether oxygens (including phenoxy) is 1. The van der Waals surface area contributed by atoms with Crippen molar-refractivity contribution in [1.29, 1.82) is 0 Å². The number of nitrogens with one attached hydrogen (secondary N) is 1. The van der Waals surface area contributed by atoms with Gasteiger partial charge in [0.1, 0.15) is 5.82 Å². The molecular weight excluding hydrogens is 405 g/mol. The van der Waals surface area contributed by atoms with Crippen LogP contribution >= 0.6 is 24.0 Å². The lowest BCUT2D eigenvalue weighted by Gasteiger charge is -2.29. The highest BCUT2D eigenvalue weighted by molar-refractivity contribution is 14.0. The number of guanidine groups is 1. The Morgan fingerprint density at radius 3 is 2.83 bits per heavy atom. The zero-order valence-corrected chi connectivity index (χ0v) is 15.7. The Bertz CT molecular complexity index is 513. The van der Waals surface area contributed by atoms with Crippen LogP contribution in [0.5, 0.6) is 0 Å². The number of nitrogens with two attached hydrogens (primary N) is 1. The number of rotatable bonds is 4. The van der Waals surface area contributed by atoms with E-state index in [2.05, 4.69) is 26.3 Å². The third kappa shape index (κ3) is 5.20. The first kappa shape index (κ1) is 18.3. The van der Waals surface area contributed by atoms with E-state index in [1.54, 1.807) is 0 Å². The topological polar surface area (TPSA) is 75.8 Å². The fourth-order valence-corrected chi connectivity index (χ4v) is 3.11. The summed E-state index contributed by atoms with van der Waals surface area (Å²) >= 11 is 0. The number of hydrogen-bond acceptors (Lipinski definition) is 4. The maximum absolute atomic E-state index is 6.01. The van der Waals surface area contributed by atoms with E-state index in [4.69, 9.17) is 10.5 Å². The van der Waals surface area contributed by atoms with Crippen molar-refractivity contribution < 1.29 is 4.74 Å². The average molecular weight is 431 g/mol. The largest absolute Gasteiger partial charge is 0.378 e. The normalized spacial score (nSPS) is 19.5. The van der Waals surface area contributed by atoms with Crippen molar-refractivity contribution in [3.8, 4) is 0 Å². The molecule has 0 spiro atoms. The second kappa shape index (κ2) is 9.27. The number of anilines is 1. The predicted molar refractivity (Wildman–Crippen MR) is 103 cm³/mol. The maximum atomic E-state index is 6.01. The fraction of sp³-hybridized carbons (Fsp3) is 0.625. The monoisotopic (exact) mass is 431 g/mol. The molecule has 0 unspecified atom stereocenters. The van der Waals surface area contributed by atoms with E-state index in [9.17, 15) is 0 Å². The molecule has 0 amide bonds. The van der Waals surface area contributed by atoms with Gasteiger partial charge in [-0.3, -0.25) is 0 Å². The van der Waals surface area contributed by atoms with Crippen LogP contribution in [-0.4, -0.2) is 43.3 Å². The summed E-state index contributed by atoms with van der Waals surface area (Å²) in [6.07, 6.45) is 6.80. The summed E-state index contributed by atoms with van der Waals surface area (Å²) in [7, 11) is 0. The van der Waals surface area contributed by atoms with Gasteiger partial charge in [0.05, 0.1) is 19.8 Å². The first-order valence-electron chi connectivity index (χ1n) is 8.16. The lowest BCUT2D eigenvalue weighted by Crippen LogP contribution is -2.39. The smallest absolute Gasteiger partial charge is 0.189 e. The van der Waals surface area contributed by atoms with Crippen LogP contribution in [0.15, 0.2) is 23.3 Å². The summed E-state index contributed by atoms with van der Waals surface area (Å²) in [5.41, 5.74) is 7.13. The van der Waals surface area contributed by atoms with E-state index in [0.717, 1.165) is 37.7 Å². The summed E-state index contributed by atoms with van der Waals surface area (Å²) in [4.78, 5) is 11.3. The zero-order valence-electron chi connectivity index (χ0n) is 13.4. The first-order valence-corrected chi connectivity index (χ1v) is 8.16. The molecule has 2 heterocycles. The number of aromatic nitrogens is 1. The third-order valence-electron chi connectivity index (χ3n) is 4.31. The Hall–Kier alpha value is -1.09. The molecule has 1 aromatic rings. The van der Waals surface area contributed by atoms with Gasteiger partial charge in [0.2, 0.25) is 0 Å². The molecule has 1 aliphatic carbocycles. The number of aliphatic imine (C=N–C) groups is 1. The Balaban J connectivity index is 0.00000192. The van der Waals surface area contributed by atoms with Crippen molar-refractivity contribution in [2.24, 2.45) is 10.7 Å². The molecule has 128 valence electrons. The molecule has 3 rings (SSSR count). The Morgan fingerprint density at radius 1 is 1.35 bits per heavy atom. The summed E-state index contributed by atoms with van der Waals surface area (Å²) in [5, 5.41) is 3.32. The second-order valence-corrected chi connectivity index (χ2v) is 5.91. The molecule has 0 aromatic carbocycles. The van der Waals surface area contributed by atoms with Crippen molar-refractivity contribution in [1.82, 2.24) is 10.3 Å². The Morgan fingerprint density at radius 2 is 2.09 bits per heavy atom. The Kier molecular flexibility index (Phi) is 7.35. The summed E-state index contributed by atoms with van der Waals surface area (Å²) in [5.74, 6) is 1.55. The predicted octanol–water partition coefficient (Wildman–Crippen LogP) is 1.88. The molecule has 2 aliphatic rings. The van der Waals surface area contributed by atoms with Gasteiger partial charge in [-0.05, 0) is 18.9 Å². The van der Waals surface area contributed by atoms with Crippen LogP contribution in [-0.2, 0) is 11.3 Å². The molecule has 23 heavy (non-hydrogen) atoms. The quantitative estimate of drug-likeness (QED) is 0.433. The van der Waals surface area contributed by atoms with E-state index in [1.165, 1.54) is 25.7 Å². The van der Waals surface area contributed by atoms with Gasteiger partial charge in [0.25, 0.3) is 0 Å². The van der Waals surface area contributed by atoms with Crippen molar-refractivity contribution >= 4 is 35.8 Å². The maximum Gasteiger partial charge on any atom is 0.189 e. The zero-order chi connectivity index (χ0) is 15.2. The minimum Gasteiger partial charge on any atom is -0.378 e. The van der Waals surface area contributed by atoms with Gasteiger partial charge < -0.3 is 20.7 Å². The molecular formula is C16H26IN5O. The SMILES string of the molecule is I.NC(=NCc1cccnc1N1CCOCC1)NC1CCCC1. The van der Waals surface area contributed by atoms with E-state index in [0.29, 0.717) is 18.5 Å². The van der Waals surface area contributed by atoms with E-state index in [1.807, 2.05) is 12.3 Å². The number of nitrogens with zero attached hydrogens (tertiary/aromatic N) is 3. The van der Waals surface area contributed by atoms with Gasteiger partial charge in [0.15, 0.2) is 5.96 Å². The van der Waals surface area contributed by atoms with Crippen molar-refractivity contribution in [3.05, 3.63) is 23.9 Å². The van der Waals surface area contributed by atoms with Gasteiger partial charge in [-0.15, -0.1) is 24.0 Å². The van der Waals surface area contributed by atoms with E-state index >= 15 is 0 Å². The lowest BCUT2D eigenvalue weighted by molar-refractivity contribution is 0.122. The minimum absolute atomic E-state index is 0. The molecule has 1 aliphatic heterocycles. The summed E-state index contributed by atoms with van der Waals surface area (Å²) in [6.45, 7) is 3.83. The highest BCUT2D eigenvalue weighted by Crippen LogP contribution is 2.20. The van der Waals surface area contributed by atoms with Crippen LogP contribution in [0.3, 0.4) is 0 Å². The molecule has 0 bridgehead atoms. The van der Waals surface area contributed by atoms with Gasteiger partial charge in [-0.25, -0.2) is 9.98 Å². The highest BCUT2D eigenvalue weighted by atomic mass is 127. The number of halogens is 1. The third-order valence-corrected chi connectivity index (χ3v) is 4.31. The summed E-state index contributed by atoms with van der Waals surface area (Å²) < 4.78 is 5.41. The average Bonchev–Trinajstić information content (AvgIpc) is 3.07. The van der Waals surface area contributed by atoms with Gasteiger partial charge >= 0.3 is 0 Å². The fourth-order valence-electron chi connectivity index (χ4n) is 3.11. The standard InChI is InChI=1S/C16H25N5O.HI/c17-16(20-14-5-1-2-6-14)19-12-13-4-3-7-18-15(13)21-8-10-22-11-9-21;/h3-4,7,14H,1-2,5-6,8-12H2,(H3,17,19,20);1H. The molecule has 0 radical (unpaired) electrons. The van der Waals surface area contributed by atoms with Gasteiger partial charge in [-0.1, -0.05) is 18.9 Å². The molecule has 1 aromatic heterocycles. The van der Waals surface area contributed by atoms with E-state index < -0.39 is 0 Å². The van der Waals surface area contributed by atoms with Crippen molar-refractivity contribution in [3.63, 3.8) is 0 Å².